The molecule has 0 heterocycles. The van der Waals surface area contributed by atoms with Gasteiger partial charge in [-0.2, -0.15) is 0 Å². The van der Waals surface area contributed by atoms with Crippen LogP contribution in [0.4, 0.5) is 11.4 Å². The van der Waals surface area contributed by atoms with Crippen LogP contribution in [-0.2, 0) is 11.3 Å². The Morgan fingerprint density at radius 3 is 2.44 bits per heavy atom. The van der Waals surface area contributed by atoms with Gasteiger partial charge in [-0.3, -0.25) is 20.2 Å². The minimum Gasteiger partial charge on any atom is -0.373 e. The summed E-state index contributed by atoms with van der Waals surface area (Å²) >= 11 is 0. The molecular weight excluding hydrogens is 324 g/mol. The van der Waals surface area contributed by atoms with Crippen LogP contribution in [0.15, 0.2) is 18.2 Å². The van der Waals surface area contributed by atoms with Crippen molar-refractivity contribution in [1.29, 1.82) is 0 Å². The first-order valence-corrected chi connectivity index (χ1v) is 9.09. The molecule has 0 amide bonds. The Kier molecular flexibility index (Phi) is 2.49. The van der Waals surface area contributed by atoms with E-state index in [-0.39, 0.29) is 24.1 Å². The van der Waals surface area contributed by atoms with Crippen molar-refractivity contribution in [2.45, 2.75) is 25.6 Å². The maximum Gasteiger partial charge on any atom is 0.281 e. The number of nitro groups is 2. The van der Waals surface area contributed by atoms with E-state index in [0.717, 1.165) is 53.9 Å². The molecule has 7 heteroatoms. The van der Waals surface area contributed by atoms with Gasteiger partial charge < -0.3 is 4.74 Å². The van der Waals surface area contributed by atoms with Gasteiger partial charge in [0.2, 0.25) is 0 Å². The lowest BCUT2D eigenvalue weighted by atomic mass is 9.43. The van der Waals surface area contributed by atoms with E-state index in [1.807, 2.05) is 0 Å². The number of benzene rings is 1. The van der Waals surface area contributed by atoms with Crippen molar-refractivity contribution in [1.82, 2.24) is 0 Å². The van der Waals surface area contributed by atoms with E-state index >= 15 is 0 Å². The van der Waals surface area contributed by atoms with E-state index in [2.05, 4.69) is 0 Å². The number of nitrogens with zero attached hydrogens (tertiary/aromatic N) is 2. The molecule has 0 radical (unpaired) electrons. The molecular formula is C18H18N2O5. The van der Waals surface area contributed by atoms with Crippen LogP contribution in [0.2, 0.25) is 0 Å². The van der Waals surface area contributed by atoms with E-state index in [1.54, 1.807) is 0 Å². The predicted molar refractivity (Wildman–Crippen MR) is 85.5 cm³/mol. The Labute approximate surface area is 143 Å². The number of ether oxygens (including phenoxy) is 1. The van der Waals surface area contributed by atoms with Gasteiger partial charge >= 0.3 is 0 Å². The third-order valence-electron chi connectivity index (χ3n) is 7.95. The molecule has 1 aromatic carbocycles. The second-order valence-electron chi connectivity index (χ2n) is 8.53. The molecule has 0 spiro atoms. The van der Waals surface area contributed by atoms with Crippen LogP contribution in [0, 0.1) is 67.6 Å². The average Bonchev–Trinajstić information content (AvgIpc) is 3.24. The van der Waals surface area contributed by atoms with Gasteiger partial charge in [-0.15, -0.1) is 0 Å². The molecule has 0 N–H and O–H groups in total. The first kappa shape index (κ1) is 14.2. The van der Waals surface area contributed by atoms with E-state index in [4.69, 9.17) is 4.74 Å². The van der Waals surface area contributed by atoms with E-state index in [1.165, 1.54) is 18.6 Å². The molecule has 5 saturated carbocycles. The highest BCUT2D eigenvalue weighted by molar-refractivity contribution is 5.48. The van der Waals surface area contributed by atoms with Gasteiger partial charge in [0.1, 0.15) is 0 Å². The molecule has 9 atom stereocenters. The summed E-state index contributed by atoms with van der Waals surface area (Å²) in [7, 11) is 0. The van der Waals surface area contributed by atoms with Gasteiger partial charge in [0.05, 0.1) is 34.2 Å². The predicted octanol–water partition coefficient (Wildman–Crippen LogP) is 3.17. The zero-order chi connectivity index (χ0) is 17.0. The van der Waals surface area contributed by atoms with Crippen LogP contribution in [0.25, 0.3) is 0 Å². The maximum atomic E-state index is 11.3. The van der Waals surface area contributed by atoms with E-state index < -0.39 is 9.85 Å². The van der Waals surface area contributed by atoms with Crippen LogP contribution in [-0.4, -0.2) is 16.0 Å². The monoisotopic (exact) mass is 342 g/mol. The Hall–Kier alpha value is -2.02. The molecule has 0 saturated heterocycles. The molecule has 5 aliphatic rings. The number of hydrogen-bond donors (Lipinski definition) is 0. The first-order valence-electron chi connectivity index (χ1n) is 9.09. The van der Waals surface area contributed by atoms with Gasteiger partial charge in [-0.05, 0) is 66.3 Å². The van der Waals surface area contributed by atoms with Crippen LogP contribution in [0.5, 0.6) is 0 Å². The molecule has 25 heavy (non-hydrogen) atoms. The third kappa shape index (κ3) is 1.60. The van der Waals surface area contributed by atoms with Crippen molar-refractivity contribution in [3.05, 3.63) is 44.0 Å². The minimum atomic E-state index is -0.608. The van der Waals surface area contributed by atoms with Crippen LogP contribution in [0.1, 0.15) is 18.4 Å². The van der Waals surface area contributed by atoms with Crippen LogP contribution < -0.4 is 0 Å². The number of rotatable bonds is 5. The number of hydrogen-bond acceptors (Lipinski definition) is 5. The molecule has 0 unspecified atom stereocenters. The van der Waals surface area contributed by atoms with Crippen LogP contribution >= 0.6 is 0 Å². The Morgan fingerprint density at radius 2 is 1.68 bits per heavy atom. The smallest absolute Gasteiger partial charge is 0.281 e. The molecule has 130 valence electrons. The molecule has 0 aliphatic heterocycles. The minimum absolute atomic E-state index is 0.172. The highest BCUT2D eigenvalue weighted by atomic mass is 16.6. The lowest BCUT2D eigenvalue weighted by Gasteiger charge is -2.61. The van der Waals surface area contributed by atoms with Gasteiger partial charge in [-0.25, -0.2) is 0 Å². The topological polar surface area (TPSA) is 95.5 Å². The van der Waals surface area contributed by atoms with Gasteiger partial charge in [-0.1, -0.05) is 0 Å². The Morgan fingerprint density at radius 1 is 0.920 bits per heavy atom. The molecule has 5 aliphatic carbocycles. The fourth-order valence-electron chi connectivity index (χ4n) is 7.23. The maximum absolute atomic E-state index is 11.3. The van der Waals surface area contributed by atoms with E-state index in [9.17, 15) is 20.2 Å². The summed E-state index contributed by atoms with van der Waals surface area (Å²) < 4.78 is 6.16. The lowest BCUT2D eigenvalue weighted by molar-refractivity contribution is -0.394. The zero-order valence-electron chi connectivity index (χ0n) is 13.5. The quantitative estimate of drug-likeness (QED) is 0.605. The normalized spacial score (nSPS) is 46.6. The molecule has 7 nitrogen and oxygen atoms in total. The van der Waals surface area contributed by atoms with Crippen molar-refractivity contribution < 1.29 is 14.6 Å². The standard InChI is InChI=1S/C18H18N2O5/c21-19(22)8-2-1-7(12(3-8)20(23)24)6-25-13-5-11-14-9-4-10(9)15-17(13)16(11)18(14)15/h1-3,9-11,13-18H,4-6H2/t9-,10+,11-,13-,14+,15+,16+,17-,18-/m1/s1. The highest BCUT2D eigenvalue weighted by Crippen LogP contribution is 2.85. The van der Waals surface area contributed by atoms with Crippen molar-refractivity contribution in [3.8, 4) is 0 Å². The summed E-state index contributed by atoms with van der Waals surface area (Å²) in [5.41, 5.74) is -0.0427. The lowest BCUT2D eigenvalue weighted by Crippen LogP contribution is -2.59. The number of nitro benzene ring substituents is 2. The second kappa shape index (κ2) is 4.38. The largest absolute Gasteiger partial charge is 0.373 e. The molecule has 6 rings (SSSR count). The summed E-state index contributed by atoms with van der Waals surface area (Å²) in [6.45, 7) is 0.172. The summed E-state index contributed by atoms with van der Waals surface area (Å²) in [5, 5.41) is 22.1. The van der Waals surface area contributed by atoms with Crippen LogP contribution in [0.3, 0.4) is 0 Å². The second-order valence-corrected chi connectivity index (χ2v) is 8.53. The molecule has 0 aromatic heterocycles. The van der Waals surface area contributed by atoms with Crippen molar-refractivity contribution in [2.75, 3.05) is 0 Å². The first-order chi connectivity index (χ1) is 12.1. The third-order valence-corrected chi connectivity index (χ3v) is 7.95. The Bertz CT molecular complexity index is 826. The van der Waals surface area contributed by atoms with Gasteiger partial charge in [0, 0.05) is 6.07 Å². The van der Waals surface area contributed by atoms with Gasteiger partial charge in [0.15, 0.2) is 0 Å². The molecule has 5 fully saturated rings. The summed E-state index contributed by atoms with van der Waals surface area (Å²) in [5.74, 6) is 7.11. The Balaban J connectivity index is 1.21. The van der Waals surface area contributed by atoms with Crippen molar-refractivity contribution in [3.63, 3.8) is 0 Å². The molecule has 0 bridgehead atoms. The number of non-ortho nitro benzene ring substituents is 1. The average molecular weight is 342 g/mol. The summed E-state index contributed by atoms with van der Waals surface area (Å²) in [6, 6.07) is 3.82. The zero-order valence-corrected chi connectivity index (χ0v) is 13.5. The van der Waals surface area contributed by atoms with Crippen molar-refractivity contribution >= 4 is 11.4 Å². The van der Waals surface area contributed by atoms with Gasteiger partial charge in [0.25, 0.3) is 11.4 Å². The van der Waals surface area contributed by atoms with E-state index in [0.29, 0.717) is 11.5 Å². The van der Waals surface area contributed by atoms with Crippen molar-refractivity contribution in [2.24, 2.45) is 47.3 Å². The molecule has 1 aromatic rings. The highest BCUT2D eigenvalue weighted by Gasteiger charge is 2.82. The summed E-state index contributed by atoms with van der Waals surface area (Å²) in [6.07, 6.45) is 2.75. The fourth-order valence-corrected chi connectivity index (χ4v) is 7.23. The summed E-state index contributed by atoms with van der Waals surface area (Å²) in [4.78, 5) is 20.9. The number of fused-ring (bicyclic) bond motifs is 5. The SMILES string of the molecule is O=[N+]([O-])c1ccc(CO[C@@H]2C[C@@H]3[C@@H]4[C@@H]5C[C@@H]5[C@@H]5[C@@H]4[C@@H]3[C@@H]52)c([N+](=O)[O-])c1. The fraction of sp³-hybridized carbons (Fsp3) is 0.667.